The Hall–Kier alpha value is -1.10. The molecule has 0 aliphatic heterocycles. The van der Waals surface area contributed by atoms with Crippen LogP contribution in [0.15, 0.2) is 0 Å². The molecule has 0 amide bonds. The van der Waals surface area contributed by atoms with Gasteiger partial charge in [-0.05, 0) is 25.7 Å². The highest BCUT2D eigenvalue weighted by Crippen LogP contribution is 2.33. The summed E-state index contributed by atoms with van der Waals surface area (Å²) in [6.45, 7) is 7.33. The smallest absolute Gasteiger partial charge is 0.350 e. The van der Waals surface area contributed by atoms with Crippen LogP contribution in [0, 0.1) is 12.8 Å². The number of rotatable bonds is 5. The van der Waals surface area contributed by atoms with Crippen LogP contribution in [-0.4, -0.2) is 30.6 Å². The van der Waals surface area contributed by atoms with E-state index < -0.39 is 0 Å². The zero-order valence-corrected chi connectivity index (χ0v) is 13.6. The second kappa shape index (κ2) is 6.57. The molecule has 0 spiro atoms. The molecule has 2 rings (SSSR count). The zero-order chi connectivity index (χ0) is 14.7. The minimum absolute atomic E-state index is 0.276. The van der Waals surface area contributed by atoms with Crippen LogP contribution in [0.3, 0.4) is 0 Å². The minimum atomic E-state index is -0.276. The quantitative estimate of drug-likeness (QED) is 0.778. The molecule has 112 valence electrons. The maximum atomic E-state index is 11.7. The number of hydrogen-bond donors (Lipinski definition) is 0. The van der Waals surface area contributed by atoms with Crippen molar-refractivity contribution >= 4 is 22.4 Å². The van der Waals surface area contributed by atoms with Gasteiger partial charge >= 0.3 is 5.97 Å². The summed E-state index contributed by atoms with van der Waals surface area (Å²) in [6, 6.07) is 0.577. The molecule has 20 heavy (non-hydrogen) atoms. The number of aromatic nitrogens is 1. The van der Waals surface area contributed by atoms with Crippen LogP contribution in [0.25, 0.3) is 0 Å². The molecule has 5 heteroatoms. The lowest BCUT2D eigenvalue weighted by molar-refractivity contribution is 0.0605. The first-order valence-corrected chi connectivity index (χ1v) is 8.17. The number of nitrogens with zero attached hydrogens (tertiary/aromatic N) is 2. The van der Waals surface area contributed by atoms with Gasteiger partial charge in [0, 0.05) is 12.6 Å². The van der Waals surface area contributed by atoms with Crippen LogP contribution in [0.1, 0.15) is 54.9 Å². The van der Waals surface area contributed by atoms with Crippen LogP contribution in [0.2, 0.25) is 0 Å². The van der Waals surface area contributed by atoms with E-state index in [9.17, 15) is 4.79 Å². The molecule has 1 aliphatic rings. The molecule has 0 bridgehead atoms. The van der Waals surface area contributed by atoms with Crippen LogP contribution >= 0.6 is 11.3 Å². The Balaban J connectivity index is 2.26. The molecular weight excluding hydrogens is 272 g/mol. The predicted octanol–water partition coefficient (Wildman–Crippen LogP) is 3.64. The fourth-order valence-electron chi connectivity index (χ4n) is 2.78. The van der Waals surface area contributed by atoms with Gasteiger partial charge in [-0.3, -0.25) is 0 Å². The molecule has 0 saturated heterocycles. The van der Waals surface area contributed by atoms with Crippen molar-refractivity contribution in [2.45, 2.75) is 52.5 Å². The third-order valence-electron chi connectivity index (χ3n) is 3.73. The molecule has 1 aromatic heterocycles. The highest BCUT2D eigenvalue weighted by molar-refractivity contribution is 7.17. The molecule has 1 heterocycles. The van der Waals surface area contributed by atoms with E-state index in [1.54, 1.807) is 0 Å². The summed E-state index contributed by atoms with van der Waals surface area (Å²) in [6.07, 6.45) is 5.07. The number of methoxy groups -OCH3 is 1. The Morgan fingerprint density at radius 3 is 2.65 bits per heavy atom. The molecule has 4 nitrogen and oxygen atoms in total. The second-order valence-electron chi connectivity index (χ2n) is 5.89. The lowest BCUT2D eigenvalue weighted by Crippen LogP contribution is -2.36. The highest BCUT2D eigenvalue weighted by atomic mass is 32.1. The second-order valence-corrected chi connectivity index (χ2v) is 6.86. The first kappa shape index (κ1) is 15.3. The van der Waals surface area contributed by atoms with E-state index >= 15 is 0 Å². The summed E-state index contributed by atoms with van der Waals surface area (Å²) in [4.78, 5) is 19.4. The van der Waals surface area contributed by atoms with Crippen LogP contribution in [0.4, 0.5) is 5.13 Å². The average molecular weight is 296 g/mol. The van der Waals surface area contributed by atoms with Gasteiger partial charge in [0.05, 0.1) is 12.8 Å². The third-order valence-corrected chi connectivity index (χ3v) is 4.90. The summed E-state index contributed by atoms with van der Waals surface area (Å²) in [5.41, 5.74) is 0.781. The van der Waals surface area contributed by atoms with Gasteiger partial charge < -0.3 is 9.64 Å². The van der Waals surface area contributed by atoms with Gasteiger partial charge in [-0.15, -0.1) is 0 Å². The Bertz CT molecular complexity index is 464. The van der Waals surface area contributed by atoms with Gasteiger partial charge in [-0.2, -0.15) is 0 Å². The fraction of sp³-hybridized carbons (Fsp3) is 0.733. The van der Waals surface area contributed by atoms with E-state index in [4.69, 9.17) is 4.74 Å². The fourth-order valence-corrected chi connectivity index (χ4v) is 3.85. The molecule has 1 saturated carbocycles. The summed E-state index contributed by atoms with van der Waals surface area (Å²) in [7, 11) is 1.42. The number of ether oxygens (including phenoxy) is 1. The maximum Gasteiger partial charge on any atom is 0.350 e. The van der Waals surface area contributed by atoms with Gasteiger partial charge in [-0.25, -0.2) is 9.78 Å². The minimum Gasteiger partial charge on any atom is -0.465 e. The third kappa shape index (κ3) is 3.32. The lowest BCUT2D eigenvalue weighted by Gasteiger charge is -2.30. The monoisotopic (exact) mass is 296 g/mol. The number of carbonyl (C=O) groups excluding carboxylic acids is 1. The van der Waals surface area contributed by atoms with Crippen LogP contribution in [0.5, 0.6) is 0 Å². The molecule has 0 radical (unpaired) electrons. The van der Waals surface area contributed by atoms with Crippen molar-refractivity contribution in [2.24, 2.45) is 5.92 Å². The first-order chi connectivity index (χ1) is 9.52. The summed E-state index contributed by atoms with van der Waals surface area (Å²) in [5.74, 6) is 0.309. The van der Waals surface area contributed by atoms with Gasteiger partial charge in [0.2, 0.25) is 0 Å². The van der Waals surface area contributed by atoms with E-state index in [-0.39, 0.29) is 5.97 Å². The Kier molecular flexibility index (Phi) is 5.02. The van der Waals surface area contributed by atoms with Crippen molar-refractivity contribution in [1.82, 2.24) is 4.98 Å². The van der Waals surface area contributed by atoms with Crippen molar-refractivity contribution in [2.75, 3.05) is 18.6 Å². The molecule has 0 unspecified atom stereocenters. The zero-order valence-electron chi connectivity index (χ0n) is 12.8. The molecular formula is C15H24N2O2S. The number of thiazole rings is 1. The predicted molar refractivity (Wildman–Crippen MR) is 82.6 cm³/mol. The van der Waals surface area contributed by atoms with Gasteiger partial charge in [0.25, 0.3) is 0 Å². The van der Waals surface area contributed by atoms with Gasteiger partial charge in [0.15, 0.2) is 5.13 Å². The summed E-state index contributed by atoms with van der Waals surface area (Å²) < 4.78 is 4.83. The molecule has 1 aliphatic carbocycles. The van der Waals surface area contributed by atoms with Crippen molar-refractivity contribution in [1.29, 1.82) is 0 Å². The van der Waals surface area contributed by atoms with Crippen molar-refractivity contribution in [3.63, 3.8) is 0 Å². The Morgan fingerprint density at radius 1 is 1.45 bits per heavy atom. The van der Waals surface area contributed by atoms with E-state index in [0.717, 1.165) is 17.4 Å². The Morgan fingerprint density at radius 2 is 2.10 bits per heavy atom. The van der Waals surface area contributed by atoms with Gasteiger partial charge in [-0.1, -0.05) is 38.0 Å². The SMILES string of the molecule is COC(=O)c1sc(N(CC(C)C)C2CCCC2)nc1C. The molecule has 0 N–H and O–H groups in total. The maximum absolute atomic E-state index is 11.7. The number of carbonyl (C=O) groups is 1. The first-order valence-electron chi connectivity index (χ1n) is 7.35. The number of hydrogen-bond acceptors (Lipinski definition) is 5. The summed E-state index contributed by atoms with van der Waals surface area (Å²) in [5, 5.41) is 0.975. The molecule has 1 fully saturated rings. The van der Waals surface area contributed by atoms with E-state index in [2.05, 4.69) is 23.7 Å². The van der Waals surface area contributed by atoms with E-state index in [0.29, 0.717) is 16.8 Å². The van der Waals surface area contributed by atoms with Crippen LogP contribution < -0.4 is 4.90 Å². The molecule has 0 atom stereocenters. The van der Waals surface area contributed by atoms with Crippen LogP contribution in [-0.2, 0) is 4.74 Å². The number of esters is 1. The average Bonchev–Trinajstić information content (AvgIpc) is 3.04. The lowest BCUT2D eigenvalue weighted by atomic mass is 10.1. The van der Waals surface area contributed by atoms with Gasteiger partial charge in [0.1, 0.15) is 4.88 Å². The molecule has 1 aromatic rings. The van der Waals surface area contributed by atoms with Crippen molar-refractivity contribution < 1.29 is 9.53 Å². The number of aryl methyl sites for hydroxylation is 1. The highest BCUT2D eigenvalue weighted by Gasteiger charge is 2.27. The summed E-state index contributed by atoms with van der Waals surface area (Å²) >= 11 is 1.47. The number of anilines is 1. The van der Waals surface area contributed by atoms with Crippen molar-refractivity contribution in [3.05, 3.63) is 10.6 Å². The normalized spacial score (nSPS) is 15.8. The van der Waals surface area contributed by atoms with E-state index in [1.807, 2.05) is 6.92 Å². The standard InChI is InChI=1S/C15H24N2O2S/c1-10(2)9-17(12-7-5-6-8-12)15-16-11(3)13(20-15)14(18)19-4/h10,12H,5-9H2,1-4H3. The largest absolute Gasteiger partial charge is 0.465 e. The molecule has 0 aromatic carbocycles. The van der Waals surface area contributed by atoms with E-state index in [1.165, 1.54) is 44.1 Å². The topological polar surface area (TPSA) is 42.4 Å². The Labute approximate surface area is 125 Å². The van der Waals surface area contributed by atoms with Crippen molar-refractivity contribution in [3.8, 4) is 0 Å².